The average molecular weight is 475 g/mol. The Kier molecular flexibility index (Phi) is 7.54. The molecular formula is C21H17BrClN3OS. The number of hydrogen-bond acceptors (Lipinski definition) is 4. The lowest BCUT2D eigenvalue weighted by Gasteiger charge is -2.11. The number of rotatable bonds is 6. The lowest BCUT2D eigenvalue weighted by atomic mass is 10.2. The molecule has 0 fully saturated rings. The fourth-order valence-electron chi connectivity index (χ4n) is 2.28. The van der Waals surface area contributed by atoms with Crippen LogP contribution in [-0.4, -0.2) is 11.4 Å². The van der Waals surface area contributed by atoms with Crippen molar-refractivity contribution in [2.45, 2.75) is 5.75 Å². The topological polar surface area (TPSA) is 60.0 Å². The van der Waals surface area contributed by atoms with Gasteiger partial charge in [0.1, 0.15) is 5.75 Å². The van der Waals surface area contributed by atoms with Crippen molar-refractivity contribution in [1.29, 1.82) is 0 Å². The summed E-state index contributed by atoms with van der Waals surface area (Å²) in [4.78, 5) is 0. The van der Waals surface area contributed by atoms with Crippen LogP contribution in [0.25, 0.3) is 0 Å². The highest BCUT2D eigenvalue weighted by Crippen LogP contribution is 2.36. The summed E-state index contributed by atoms with van der Waals surface area (Å²) in [7, 11) is 0. The van der Waals surface area contributed by atoms with E-state index in [4.69, 9.17) is 22.1 Å². The van der Waals surface area contributed by atoms with Gasteiger partial charge in [0.15, 0.2) is 10.9 Å². The van der Waals surface area contributed by atoms with Gasteiger partial charge in [-0.3, -0.25) is 0 Å². The van der Waals surface area contributed by atoms with Gasteiger partial charge in [0.25, 0.3) is 0 Å². The predicted octanol–water partition coefficient (Wildman–Crippen LogP) is 6.48. The fourth-order valence-corrected chi connectivity index (χ4v) is 3.51. The van der Waals surface area contributed by atoms with E-state index in [0.29, 0.717) is 27.3 Å². The maximum atomic E-state index is 6.34. The molecule has 0 aromatic heterocycles. The molecule has 0 aliphatic carbocycles. The van der Waals surface area contributed by atoms with Crippen LogP contribution < -0.4 is 10.5 Å². The minimum atomic E-state index is 0.379. The Morgan fingerprint density at radius 1 is 1.04 bits per heavy atom. The summed E-state index contributed by atoms with van der Waals surface area (Å²) in [5.41, 5.74) is 7.80. The second-order valence-corrected chi connectivity index (χ2v) is 7.90. The average Bonchev–Trinajstić information content (AvgIpc) is 2.73. The van der Waals surface area contributed by atoms with Gasteiger partial charge in [-0.1, -0.05) is 71.9 Å². The molecule has 0 unspecified atom stereocenters. The Morgan fingerprint density at radius 2 is 1.71 bits per heavy atom. The second kappa shape index (κ2) is 10.3. The molecule has 0 saturated heterocycles. The molecule has 0 amide bonds. The Balaban J connectivity index is 1.74. The number of thioether (sulfide) groups is 1. The van der Waals surface area contributed by atoms with Crippen LogP contribution in [0.4, 0.5) is 0 Å². The molecule has 0 bridgehead atoms. The highest BCUT2D eigenvalue weighted by Gasteiger charge is 2.12. The van der Waals surface area contributed by atoms with E-state index in [1.807, 2.05) is 66.7 Å². The fraction of sp³-hybridized carbons (Fsp3) is 0.0476. The van der Waals surface area contributed by atoms with Gasteiger partial charge in [0.2, 0.25) is 0 Å². The van der Waals surface area contributed by atoms with Crippen LogP contribution in [0.2, 0.25) is 5.02 Å². The minimum Gasteiger partial charge on any atom is -0.455 e. The molecular weight excluding hydrogens is 458 g/mol. The summed E-state index contributed by atoms with van der Waals surface area (Å²) in [6.07, 6.45) is 1.57. The van der Waals surface area contributed by atoms with E-state index >= 15 is 0 Å². The van der Waals surface area contributed by atoms with Gasteiger partial charge in [-0.05, 0) is 45.8 Å². The van der Waals surface area contributed by atoms with Crippen molar-refractivity contribution in [2.75, 3.05) is 0 Å². The molecule has 0 aliphatic rings. The molecule has 3 aromatic rings. The first-order valence-electron chi connectivity index (χ1n) is 8.37. The van der Waals surface area contributed by atoms with Crippen LogP contribution in [0.15, 0.2) is 87.5 Å². The molecule has 3 aromatic carbocycles. The highest BCUT2D eigenvalue weighted by atomic mass is 79.9. The van der Waals surface area contributed by atoms with Crippen LogP contribution in [0, 0.1) is 0 Å². The number of hydrogen-bond donors (Lipinski definition) is 1. The molecule has 142 valence electrons. The third-order valence-corrected chi connectivity index (χ3v) is 5.47. The van der Waals surface area contributed by atoms with Crippen molar-refractivity contribution in [3.63, 3.8) is 0 Å². The van der Waals surface area contributed by atoms with Gasteiger partial charge >= 0.3 is 0 Å². The number of para-hydroxylation sites is 1. The standard InChI is InChI=1S/C21H17BrClN3OS/c22-18-11-12-19(23)20(27-16-9-5-2-6-10-16)17(18)13-25-26-21(24)28-14-15-7-3-1-4-8-15/h1-13H,14H2,(H2,24,26). The second-order valence-electron chi connectivity index (χ2n) is 5.64. The van der Waals surface area contributed by atoms with Crippen LogP contribution in [0.5, 0.6) is 11.5 Å². The van der Waals surface area contributed by atoms with Gasteiger partial charge < -0.3 is 10.5 Å². The zero-order valence-electron chi connectivity index (χ0n) is 14.8. The Labute approximate surface area is 181 Å². The molecule has 0 aliphatic heterocycles. The SMILES string of the molecule is NC(=NN=Cc1c(Br)ccc(Cl)c1Oc1ccccc1)SCc1ccccc1. The first kappa shape index (κ1) is 20.5. The lowest BCUT2D eigenvalue weighted by Crippen LogP contribution is -2.06. The van der Waals surface area contributed by atoms with Gasteiger partial charge in [-0.2, -0.15) is 5.10 Å². The number of nitrogens with zero attached hydrogens (tertiary/aromatic N) is 2. The van der Waals surface area contributed by atoms with E-state index in [2.05, 4.69) is 26.1 Å². The molecule has 7 heteroatoms. The van der Waals surface area contributed by atoms with Crippen molar-refractivity contribution >= 4 is 50.7 Å². The number of nitrogens with two attached hydrogens (primary N) is 1. The van der Waals surface area contributed by atoms with E-state index in [1.54, 1.807) is 12.3 Å². The lowest BCUT2D eigenvalue weighted by molar-refractivity contribution is 0.482. The number of ether oxygens (including phenoxy) is 1. The van der Waals surface area contributed by atoms with Crippen molar-refractivity contribution < 1.29 is 4.74 Å². The first-order valence-corrected chi connectivity index (χ1v) is 10.5. The molecule has 4 nitrogen and oxygen atoms in total. The monoisotopic (exact) mass is 473 g/mol. The Hall–Kier alpha value is -2.28. The maximum absolute atomic E-state index is 6.34. The molecule has 2 N–H and O–H groups in total. The quantitative estimate of drug-likeness (QED) is 0.253. The molecule has 0 radical (unpaired) electrons. The first-order chi connectivity index (χ1) is 13.6. The summed E-state index contributed by atoms with van der Waals surface area (Å²) in [6, 6.07) is 23.1. The van der Waals surface area contributed by atoms with Crippen molar-refractivity contribution in [1.82, 2.24) is 0 Å². The molecule has 0 spiro atoms. The summed E-state index contributed by atoms with van der Waals surface area (Å²) in [6.45, 7) is 0. The number of halogens is 2. The molecule has 0 heterocycles. The van der Waals surface area contributed by atoms with Gasteiger partial charge in [0.05, 0.1) is 16.8 Å². The van der Waals surface area contributed by atoms with Gasteiger partial charge in [0, 0.05) is 10.2 Å². The van der Waals surface area contributed by atoms with Gasteiger partial charge in [-0.25, -0.2) is 0 Å². The normalized spacial score (nSPS) is 11.7. The van der Waals surface area contributed by atoms with Crippen molar-refractivity contribution in [3.8, 4) is 11.5 Å². The number of benzene rings is 3. The summed E-state index contributed by atoms with van der Waals surface area (Å²) in [5, 5.41) is 9.02. The zero-order valence-corrected chi connectivity index (χ0v) is 17.9. The molecule has 3 rings (SSSR count). The predicted molar refractivity (Wildman–Crippen MR) is 123 cm³/mol. The highest BCUT2D eigenvalue weighted by molar-refractivity contribution is 9.10. The third-order valence-electron chi connectivity index (χ3n) is 3.63. The Bertz CT molecular complexity index is 982. The van der Waals surface area contributed by atoms with E-state index in [-0.39, 0.29) is 0 Å². The Morgan fingerprint density at radius 3 is 2.43 bits per heavy atom. The largest absolute Gasteiger partial charge is 0.455 e. The van der Waals surface area contributed by atoms with Gasteiger partial charge in [-0.15, -0.1) is 5.10 Å². The molecule has 0 atom stereocenters. The van der Waals surface area contributed by atoms with Crippen molar-refractivity contribution in [3.05, 3.63) is 93.4 Å². The van der Waals surface area contributed by atoms with Crippen LogP contribution >= 0.6 is 39.3 Å². The van der Waals surface area contributed by atoms with Crippen LogP contribution in [-0.2, 0) is 5.75 Å². The van der Waals surface area contributed by atoms with Crippen LogP contribution in [0.1, 0.15) is 11.1 Å². The molecule has 0 saturated carbocycles. The number of amidine groups is 1. The van der Waals surface area contributed by atoms with E-state index in [0.717, 1.165) is 10.2 Å². The van der Waals surface area contributed by atoms with E-state index in [9.17, 15) is 0 Å². The van der Waals surface area contributed by atoms with E-state index < -0.39 is 0 Å². The summed E-state index contributed by atoms with van der Waals surface area (Å²) in [5.74, 6) is 1.91. The minimum absolute atomic E-state index is 0.379. The van der Waals surface area contributed by atoms with E-state index in [1.165, 1.54) is 17.3 Å². The maximum Gasteiger partial charge on any atom is 0.180 e. The molecule has 28 heavy (non-hydrogen) atoms. The zero-order chi connectivity index (χ0) is 19.8. The van der Waals surface area contributed by atoms with Crippen LogP contribution in [0.3, 0.4) is 0 Å². The van der Waals surface area contributed by atoms with Crippen molar-refractivity contribution in [2.24, 2.45) is 15.9 Å². The summed E-state index contributed by atoms with van der Waals surface area (Å²) < 4.78 is 6.74. The third kappa shape index (κ3) is 5.86. The summed E-state index contributed by atoms with van der Waals surface area (Å²) >= 11 is 11.3. The smallest absolute Gasteiger partial charge is 0.180 e.